The number of rotatable bonds is 8. The van der Waals surface area contributed by atoms with Gasteiger partial charge in [-0.2, -0.15) is 13.1 Å². The predicted octanol–water partition coefficient (Wildman–Crippen LogP) is 2.35. The van der Waals surface area contributed by atoms with E-state index in [1.54, 1.807) is 0 Å². The molecule has 148 valence electrons. The van der Waals surface area contributed by atoms with Crippen molar-refractivity contribution in [1.82, 2.24) is 0 Å². The summed E-state index contributed by atoms with van der Waals surface area (Å²) >= 11 is -0.838. The molecule has 0 saturated carbocycles. The van der Waals surface area contributed by atoms with Crippen LogP contribution in [0.5, 0.6) is 0 Å². The van der Waals surface area contributed by atoms with Crippen LogP contribution in [0.1, 0.15) is 17.0 Å². The van der Waals surface area contributed by atoms with Gasteiger partial charge in [-0.15, -0.1) is 0 Å². The number of ether oxygens (including phenoxy) is 2. The number of carbonyl (C=O) groups excluding carboxylic acids is 2. The lowest BCUT2D eigenvalue weighted by atomic mass is 9.98. The van der Waals surface area contributed by atoms with Crippen LogP contribution in [0.3, 0.4) is 0 Å². The smallest absolute Gasteiger partial charge is 0.415 e. The molecule has 0 aliphatic heterocycles. The minimum absolute atomic E-state index is 0.0390. The van der Waals surface area contributed by atoms with Crippen LogP contribution in [0.15, 0.2) is 48.5 Å². The molecule has 0 saturated heterocycles. The number of alkyl halides is 2. The molecule has 3 rings (SSSR count). The van der Waals surface area contributed by atoms with Gasteiger partial charge < -0.3 is 14.7 Å². The maximum absolute atomic E-state index is 13.2. The highest BCUT2D eigenvalue weighted by atomic mass is 32.2. The third-order valence-corrected chi connectivity index (χ3v) is 4.60. The first-order valence-electron chi connectivity index (χ1n) is 7.97. The minimum Gasteiger partial charge on any atom is -0.691 e. The second-order valence-corrected chi connectivity index (χ2v) is 6.54. The molecule has 0 atom stereocenters. The van der Waals surface area contributed by atoms with Crippen molar-refractivity contribution < 1.29 is 42.5 Å². The Morgan fingerprint density at radius 2 is 1.57 bits per heavy atom. The minimum atomic E-state index is -4.21. The SMILES string of the molecule is O=C(COC(=O)C(F)(F)SOO[O-])OCC1c2ccccc2-c2ccccc21. The van der Waals surface area contributed by atoms with E-state index in [-0.39, 0.29) is 12.5 Å². The van der Waals surface area contributed by atoms with Crippen LogP contribution in [0.2, 0.25) is 0 Å². The molecule has 0 N–H and O–H groups in total. The average Bonchev–Trinajstić information content (AvgIpc) is 3.02. The zero-order chi connectivity index (χ0) is 20.1. The van der Waals surface area contributed by atoms with E-state index in [0.29, 0.717) is 0 Å². The van der Waals surface area contributed by atoms with Crippen molar-refractivity contribution in [3.05, 3.63) is 59.7 Å². The first-order valence-corrected chi connectivity index (χ1v) is 8.71. The van der Waals surface area contributed by atoms with E-state index in [9.17, 15) is 23.6 Å². The molecular weight excluding hydrogens is 398 g/mol. The topological polar surface area (TPSA) is 94.1 Å². The maximum Gasteiger partial charge on any atom is 0.415 e. The van der Waals surface area contributed by atoms with Crippen LogP contribution in [-0.4, -0.2) is 30.4 Å². The number of carbonyl (C=O) groups is 2. The van der Waals surface area contributed by atoms with Crippen LogP contribution in [-0.2, 0) is 28.4 Å². The lowest BCUT2D eigenvalue weighted by molar-refractivity contribution is -0.777. The van der Waals surface area contributed by atoms with E-state index in [1.165, 1.54) is 0 Å². The molecule has 1 aliphatic rings. The van der Waals surface area contributed by atoms with Crippen LogP contribution < -0.4 is 5.26 Å². The van der Waals surface area contributed by atoms with Crippen LogP contribution in [0, 0.1) is 0 Å². The van der Waals surface area contributed by atoms with Gasteiger partial charge in [0.1, 0.15) is 18.6 Å². The molecule has 0 heterocycles. The Morgan fingerprint density at radius 3 is 2.14 bits per heavy atom. The van der Waals surface area contributed by atoms with Crippen LogP contribution in [0.25, 0.3) is 11.1 Å². The predicted molar refractivity (Wildman–Crippen MR) is 90.3 cm³/mol. The molecule has 7 nitrogen and oxygen atoms in total. The van der Waals surface area contributed by atoms with E-state index in [2.05, 4.69) is 14.1 Å². The van der Waals surface area contributed by atoms with Gasteiger partial charge in [-0.25, -0.2) is 9.59 Å². The summed E-state index contributed by atoms with van der Waals surface area (Å²) in [4.78, 5) is 23.0. The largest absolute Gasteiger partial charge is 0.691 e. The van der Waals surface area contributed by atoms with Gasteiger partial charge in [-0.05, 0) is 22.3 Å². The number of benzene rings is 2. The summed E-state index contributed by atoms with van der Waals surface area (Å²) in [7, 11) is 0. The van der Waals surface area contributed by atoms with Crippen molar-refractivity contribution in [3.8, 4) is 11.1 Å². The van der Waals surface area contributed by atoms with Gasteiger partial charge in [0.2, 0.25) is 0 Å². The van der Waals surface area contributed by atoms with Gasteiger partial charge >= 0.3 is 17.2 Å². The molecule has 0 spiro atoms. The number of halogens is 2. The summed E-state index contributed by atoms with van der Waals surface area (Å²) < 4.78 is 39.1. The second kappa shape index (κ2) is 8.65. The molecule has 0 amide bonds. The Bertz CT molecular complexity index is 829. The fourth-order valence-electron chi connectivity index (χ4n) is 2.96. The Kier molecular flexibility index (Phi) is 6.25. The normalized spacial score (nSPS) is 13.0. The van der Waals surface area contributed by atoms with E-state index < -0.39 is 35.8 Å². The van der Waals surface area contributed by atoms with Gasteiger partial charge in [0, 0.05) is 5.92 Å². The zero-order valence-electron chi connectivity index (χ0n) is 14.1. The summed E-state index contributed by atoms with van der Waals surface area (Å²) in [6, 6.07) is 15.3. The Hall–Kier alpha value is -2.53. The van der Waals surface area contributed by atoms with Crippen molar-refractivity contribution >= 4 is 24.0 Å². The van der Waals surface area contributed by atoms with Crippen molar-refractivity contribution in [3.63, 3.8) is 0 Å². The van der Waals surface area contributed by atoms with Crippen LogP contribution >= 0.6 is 12.0 Å². The Morgan fingerprint density at radius 1 is 1.00 bits per heavy atom. The molecule has 1 aliphatic carbocycles. The summed E-state index contributed by atoms with van der Waals surface area (Å²) in [6.45, 7) is -1.05. The van der Waals surface area contributed by atoms with E-state index >= 15 is 0 Å². The van der Waals surface area contributed by atoms with Crippen LogP contribution in [0.4, 0.5) is 8.78 Å². The molecule has 2 aromatic rings. The van der Waals surface area contributed by atoms with Crippen molar-refractivity contribution in [2.45, 2.75) is 11.2 Å². The summed E-state index contributed by atoms with van der Waals surface area (Å²) in [5.74, 6) is -3.27. The van der Waals surface area contributed by atoms with Crippen molar-refractivity contribution in [2.24, 2.45) is 0 Å². The number of fused-ring (bicyclic) bond motifs is 3. The highest BCUT2D eigenvalue weighted by Gasteiger charge is 2.44. The molecule has 0 bridgehead atoms. The standard InChI is InChI=1S/C18H14F2O7S/c19-18(20,28-27-26-23)17(22)25-10-16(21)24-9-15-13-7-3-1-5-11(13)12-6-2-4-8-14(12)15/h1-8,15,23H,9-10H2/p-1. The highest BCUT2D eigenvalue weighted by molar-refractivity contribution is 7.96. The number of hydrogen-bond donors (Lipinski definition) is 0. The first-order chi connectivity index (χ1) is 13.4. The molecule has 2 aromatic carbocycles. The number of esters is 2. The molecule has 28 heavy (non-hydrogen) atoms. The van der Waals surface area contributed by atoms with Crippen molar-refractivity contribution in [2.75, 3.05) is 13.2 Å². The fraction of sp³-hybridized carbons (Fsp3) is 0.222. The van der Waals surface area contributed by atoms with Gasteiger partial charge in [0.25, 0.3) is 0 Å². The van der Waals surface area contributed by atoms with Gasteiger partial charge in [-0.1, -0.05) is 48.5 Å². The monoisotopic (exact) mass is 411 g/mol. The van der Waals surface area contributed by atoms with Gasteiger partial charge in [0.15, 0.2) is 6.61 Å². The third kappa shape index (κ3) is 4.30. The summed E-state index contributed by atoms with van der Waals surface area (Å²) in [5.41, 5.74) is 4.02. The molecule has 0 radical (unpaired) electrons. The van der Waals surface area contributed by atoms with E-state index in [0.717, 1.165) is 22.3 Å². The number of hydrogen-bond acceptors (Lipinski definition) is 8. The summed E-state index contributed by atoms with van der Waals surface area (Å²) in [5, 5.41) is 8.07. The second-order valence-electron chi connectivity index (χ2n) is 5.72. The molecule has 10 heteroatoms. The van der Waals surface area contributed by atoms with Crippen molar-refractivity contribution in [1.29, 1.82) is 0 Å². The quantitative estimate of drug-likeness (QED) is 0.283. The molecular formula is C18H13F2O7S-. The zero-order valence-corrected chi connectivity index (χ0v) is 14.9. The van der Waals surface area contributed by atoms with E-state index in [4.69, 9.17) is 4.74 Å². The highest BCUT2D eigenvalue weighted by Crippen LogP contribution is 2.44. The Labute approximate surface area is 162 Å². The Balaban J connectivity index is 1.57. The average molecular weight is 411 g/mol. The lowest BCUT2D eigenvalue weighted by Gasteiger charge is -2.15. The third-order valence-electron chi connectivity index (χ3n) is 4.10. The first kappa shape index (κ1) is 20.2. The lowest BCUT2D eigenvalue weighted by Crippen LogP contribution is -2.30. The van der Waals surface area contributed by atoms with Gasteiger partial charge in [0.05, 0.1) is 0 Å². The molecule has 0 unspecified atom stereocenters. The van der Waals surface area contributed by atoms with Gasteiger partial charge in [-0.3, -0.25) is 5.04 Å². The summed E-state index contributed by atoms with van der Waals surface area (Å²) in [6.07, 6.45) is 0. The molecule has 0 aromatic heterocycles. The van der Waals surface area contributed by atoms with E-state index in [1.807, 2.05) is 48.5 Å². The maximum atomic E-state index is 13.2. The fourth-order valence-corrected chi connectivity index (χ4v) is 3.20. The molecule has 0 fully saturated rings.